The Hall–Kier alpha value is -0.820. The number of aliphatic hydroxyl groups is 1. The van der Waals surface area contributed by atoms with Crippen molar-refractivity contribution in [1.29, 1.82) is 0 Å². The Morgan fingerprint density at radius 2 is 1.95 bits per heavy atom. The van der Waals surface area contributed by atoms with E-state index in [9.17, 15) is 5.11 Å². The van der Waals surface area contributed by atoms with Crippen LogP contribution in [0, 0.1) is 5.92 Å². The van der Waals surface area contributed by atoms with E-state index in [-0.39, 0.29) is 6.10 Å². The minimum absolute atomic E-state index is 0.271. The molecule has 0 aliphatic heterocycles. The second-order valence-corrected chi connectivity index (χ2v) is 6.05. The molecule has 1 aliphatic rings. The van der Waals surface area contributed by atoms with Gasteiger partial charge in [0, 0.05) is 0 Å². The first kappa shape index (κ1) is 14.6. The lowest BCUT2D eigenvalue weighted by molar-refractivity contribution is 0.139. The fraction of sp³-hybridized carbons (Fsp3) is 0.667. The Balaban J connectivity index is 1.96. The molecule has 1 heteroatoms. The first-order valence-electron chi connectivity index (χ1n) is 8.04. The molecule has 0 radical (unpaired) electrons. The predicted octanol–water partition coefficient (Wildman–Crippen LogP) is 4.82. The van der Waals surface area contributed by atoms with Crippen molar-refractivity contribution < 1.29 is 5.11 Å². The number of unbranched alkanes of at least 4 members (excludes halogenated alkanes) is 1. The maximum atomic E-state index is 10.5. The molecule has 19 heavy (non-hydrogen) atoms. The van der Waals surface area contributed by atoms with Gasteiger partial charge in [-0.1, -0.05) is 57.7 Å². The van der Waals surface area contributed by atoms with Crippen LogP contribution in [0.15, 0.2) is 18.2 Å². The van der Waals surface area contributed by atoms with Crippen LogP contribution in [0.5, 0.6) is 0 Å². The Morgan fingerprint density at radius 3 is 2.68 bits per heavy atom. The van der Waals surface area contributed by atoms with Crippen molar-refractivity contribution in [2.45, 2.75) is 71.3 Å². The standard InChI is InChI=1S/C18H28O/c1-3-5-7-14(4-2)12-18(19)17-11-10-15-8-6-9-16(15)13-17/h10-11,13-14,18-19H,3-9,12H2,1-2H3. The highest BCUT2D eigenvalue weighted by Gasteiger charge is 2.17. The summed E-state index contributed by atoms with van der Waals surface area (Å²) in [6, 6.07) is 6.62. The Kier molecular flexibility index (Phi) is 5.45. The number of benzene rings is 1. The summed E-state index contributed by atoms with van der Waals surface area (Å²) in [7, 11) is 0. The molecule has 0 amide bonds. The lowest BCUT2D eigenvalue weighted by Crippen LogP contribution is -2.07. The Morgan fingerprint density at radius 1 is 1.16 bits per heavy atom. The van der Waals surface area contributed by atoms with Gasteiger partial charge in [0.25, 0.3) is 0 Å². The van der Waals surface area contributed by atoms with Crippen LogP contribution in [-0.4, -0.2) is 5.11 Å². The third-order valence-electron chi connectivity index (χ3n) is 4.61. The number of fused-ring (bicyclic) bond motifs is 1. The zero-order chi connectivity index (χ0) is 13.7. The minimum atomic E-state index is -0.271. The summed E-state index contributed by atoms with van der Waals surface area (Å²) in [5, 5.41) is 10.5. The lowest BCUT2D eigenvalue weighted by atomic mass is 9.90. The molecule has 0 spiro atoms. The van der Waals surface area contributed by atoms with Gasteiger partial charge in [0.1, 0.15) is 0 Å². The average Bonchev–Trinajstić information content (AvgIpc) is 2.90. The summed E-state index contributed by atoms with van der Waals surface area (Å²) < 4.78 is 0. The van der Waals surface area contributed by atoms with E-state index in [0.29, 0.717) is 5.92 Å². The molecule has 1 N–H and O–H groups in total. The van der Waals surface area contributed by atoms with E-state index in [1.807, 2.05) is 0 Å². The van der Waals surface area contributed by atoms with Crippen LogP contribution in [0.3, 0.4) is 0 Å². The Labute approximate surface area is 118 Å². The van der Waals surface area contributed by atoms with Crippen LogP contribution in [0.25, 0.3) is 0 Å². The van der Waals surface area contributed by atoms with E-state index < -0.39 is 0 Å². The molecule has 0 aromatic heterocycles. The Bertz CT molecular complexity index is 397. The van der Waals surface area contributed by atoms with Crippen molar-refractivity contribution >= 4 is 0 Å². The van der Waals surface area contributed by atoms with E-state index in [2.05, 4.69) is 32.0 Å². The summed E-state index contributed by atoms with van der Waals surface area (Å²) in [5.41, 5.74) is 4.10. The van der Waals surface area contributed by atoms with E-state index in [1.54, 1.807) is 0 Å². The molecule has 2 rings (SSSR count). The monoisotopic (exact) mass is 260 g/mol. The molecule has 1 aromatic rings. The molecule has 1 aromatic carbocycles. The maximum absolute atomic E-state index is 10.5. The van der Waals surface area contributed by atoms with Gasteiger partial charge in [0.2, 0.25) is 0 Å². The quantitative estimate of drug-likeness (QED) is 0.745. The third kappa shape index (κ3) is 3.82. The van der Waals surface area contributed by atoms with Gasteiger partial charge in [0.15, 0.2) is 0 Å². The zero-order valence-electron chi connectivity index (χ0n) is 12.5. The molecule has 0 fully saturated rings. The van der Waals surface area contributed by atoms with Crippen molar-refractivity contribution in [3.05, 3.63) is 34.9 Å². The number of aliphatic hydroxyl groups excluding tert-OH is 1. The van der Waals surface area contributed by atoms with Crippen molar-refractivity contribution in [2.24, 2.45) is 5.92 Å². The second-order valence-electron chi connectivity index (χ2n) is 6.05. The number of aryl methyl sites for hydroxylation is 2. The SMILES string of the molecule is CCCCC(CC)CC(O)c1ccc2c(c1)CCC2. The highest BCUT2D eigenvalue weighted by atomic mass is 16.3. The first-order valence-corrected chi connectivity index (χ1v) is 8.04. The van der Waals surface area contributed by atoms with Gasteiger partial charge in [-0.3, -0.25) is 0 Å². The molecule has 0 saturated carbocycles. The molecule has 0 heterocycles. The van der Waals surface area contributed by atoms with Gasteiger partial charge in [-0.25, -0.2) is 0 Å². The highest BCUT2D eigenvalue weighted by Crippen LogP contribution is 2.30. The lowest BCUT2D eigenvalue weighted by Gasteiger charge is -2.19. The van der Waals surface area contributed by atoms with Crippen LogP contribution < -0.4 is 0 Å². The van der Waals surface area contributed by atoms with Crippen LogP contribution in [-0.2, 0) is 12.8 Å². The summed E-state index contributed by atoms with van der Waals surface area (Å²) in [6.45, 7) is 4.49. The topological polar surface area (TPSA) is 20.2 Å². The van der Waals surface area contributed by atoms with Crippen molar-refractivity contribution in [3.8, 4) is 0 Å². The zero-order valence-corrected chi connectivity index (χ0v) is 12.5. The highest BCUT2D eigenvalue weighted by molar-refractivity contribution is 5.36. The summed E-state index contributed by atoms with van der Waals surface area (Å²) in [4.78, 5) is 0. The van der Waals surface area contributed by atoms with Gasteiger partial charge in [-0.05, 0) is 48.3 Å². The van der Waals surface area contributed by atoms with Gasteiger partial charge in [-0.2, -0.15) is 0 Å². The second kappa shape index (κ2) is 7.09. The molecular weight excluding hydrogens is 232 g/mol. The van der Waals surface area contributed by atoms with Gasteiger partial charge < -0.3 is 5.11 Å². The van der Waals surface area contributed by atoms with Gasteiger partial charge in [0.05, 0.1) is 6.10 Å². The molecule has 106 valence electrons. The largest absolute Gasteiger partial charge is 0.388 e. The van der Waals surface area contributed by atoms with E-state index >= 15 is 0 Å². The minimum Gasteiger partial charge on any atom is -0.388 e. The molecule has 0 saturated heterocycles. The van der Waals surface area contributed by atoms with Gasteiger partial charge in [-0.15, -0.1) is 0 Å². The molecule has 0 bridgehead atoms. The normalized spacial score (nSPS) is 17.2. The van der Waals surface area contributed by atoms with E-state index in [4.69, 9.17) is 0 Å². The first-order chi connectivity index (χ1) is 9.24. The molecule has 2 atom stereocenters. The number of hydrogen-bond donors (Lipinski definition) is 1. The van der Waals surface area contributed by atoms with Crippen LogP contribution in [0.4, 0.5) is 0 Å². The molecule has 2 unspecified atom stereocenters. The van der Waals surface area contributed by atoms with Gasteiger partial charge >= 0.3 is 0 Å². The maximum Gasteiger partial charge on any atom is 0.0792 e. The molecule has 1 aliphatic carbocycles. The predicted molar refractivity (Wildman–Crippen MR) is 81.3 cm³/mol. The summed E-state index contributed by atoms with van der Waals surface area (Å²) in [6.07, 6.45) is 9.34. The fourth-order valence-corrected chi connectivity index (χ4v) is 3.23. The van der Waals surface area contributed by atoms with Crippen molar-refractivity contribution in [2.75, 3.05) is 0 Å². The third-order valence-corrected chi connectivity index (χ3v) is 4.61. The molecular formula is C18H28O. The smallest absolute Gasteiger partial charge is 0.0792 e. The number of rotatable bonds is 7. The number of hydrogen-bond acceptors (Lipinski definition) is 1. The molecule has 1 nitrogen and oxygen atoms in total. The summed E-state index contributed by atoms with van der Waals surface area (Å²) >= 11 is 0. The van der Waals surface area contributed by atoms with Crippen molar-refractivity contribution in [1.82, 2.24) is 0 Å². The van der Waals surface area contributed by atoms with Crippen LogP contribution >= 0.6 is 0 Å². The van der Waals surface area contributed by atoms with E-state index in [1.165, 1.54) is 56.1 Å². The summed E-state index contributed by atoms with van der Waals surface area (Å²) in [5.74, 6) is 0.670. The van der Waals surface area contributed by atoms with Crippen LogP contribution in [0.2, 0.25) is 0 Å². The van der Waals surface area contributed by atoms with Crippen LogP contribution in [0.1, 0.15) is 75.2 Å². The fourth-order valence-electron chi connectivity index (χ4n) is 3.23. The van der Waals surface area contributed by atoms with E-state index in [0.717, 1.165) is 12.0 Å². The average molecular weight is 260 g/mol. The van der Waals surface area contributed by atoms with Crippen molar-refractivity contribution in [3.63, 3.8) is 0 Å².